The maximum Gasteiger partial charge on any atom is 0.320 e. The minimum atomic E-state index is -1.85. The molecule has 0 radical (unpaired) electrons. The number of phenols is 4. The number of hydrogen-bond donors (Lipinski definition) is 21. The monoisotopic (exact) mass is 1900 g/mol. The second-order valence-corrected chi connectivity index (χ2v) is 33.4. The number of aromatic hydroxyl groups is 4. The summed E-state index contributed by atoms with van der Waals surface area (Å²) in [6.45, 7) is 10.6. The molecule has 0 saturated carbocycles. The van der Waals surface area contributed by atoms with E-state index in [1.165, 1.54) is 26.5 Å². The molecule has 2 fully saturated rings. The van der Waals surface area contributed by atoms with E-state index in [1.54, 1.807) is 52.5 Å². The molecule has 10 amide bonds. The molecule has 2 aliphatic heterocycles. The van der Waals surface area contributed by atoms with E-state index < -0.39 is 154 Å². The van der Waals surface area contributed by atoms with Gasteiger partial charge in [-0.2, -0.15) is 0 Å². The van der Waals surface area contributed by atoms with Gasteiger partial charge in [-0.15, -0.1) is 20.4 Å². The number of piperazine rings is 2. The van der Waals surface area contributed by atoms with Crippen LogP contribution in [0, 0.1) is 0 Å². The summed E-state index contributed by atoms with van der Waals surface area (Å²) in [5.41, 5.74) is 4.46. The van der Waals surface area contributed by atoms with Crippen LogP contribution in [0.4, 0.5) is 0 Å². The third-order valence-electron chi connectivity index (χ3n) is 22.8. The SMILES string of the molecule is CCNC(=O)c1nnc(-c2cc(C(C)C)c(O)cc2O)n1-c1ccc(CN2CCN(C(=O)CCC(=O)N[C@@H](CCCCNC(=O)CCNC(=O)[C@@H](CO)NC(=O)[C@@H](CO)NC(=O)[C@@H](CO)NC(=O)CC[C@H](C(=O)O)N(CCNCC(=O)O)CCN(CCNCC(=O)O)CC(=O)O)C(=O)N3CCN(Cc4ccc(-n5c(C(=O)NCC)nnc5-c5cc(C(C)C)c(O)cc5O)cc4)CC3)CC2)cc1. The first kappa shape index (κ1) is 108. The van der Waals surface area contributed by atoms with Gasteiger partial charge in [0, 0.05) is 180 Å². The molecule has 2 aliphatic rings. The number of nitrogens with one attached hydrogen (secondary N) is 10. The van der Waals surface area contributed by atoms with Gasteiger partial charge in [0.15, 0.2) is 11.6 Å². The molecule has 2 aromatic heterocycles. The van der Waals surface area contributed by atoms with Crippen LogP contribution in [0.1, 0.15) is 148 Å². The van der Waals surface area contributed by atoms with Crippen molar-refractivity contribution in [2.24, 2.45) is 0 Å². The van der Waals surface area contributed by atoms with Crippen LogP contribution >= 0.6 is 0 Å². The fourth-order valence-corrected chi connectivity index (χ4v) is 15.4. The van der Waals surface area contributed by atoms with Crippen LogP contribution in [0.2, 0.25) is 0 Å². The third-order valence-corrected chi connectivity index (χ3v) is 22.8. The van der Waals surface area contributed by atoms with Crippen molar-refractivity contribution >= 4 is 82.9 Å². The van der Waals surface area contributed by atoms with Gasteiger partial charge in [-0.25, -0.2) is 0 Å². The van der Waals surface area contributed by atoms with E-state index >= 15 is 0 Å². The number of aliphatic carboxylic acids is 4. The van der Waals surface area contributed by atoms with Crippen molar-refractivity contribution in [1.29, 1.82) is 0 Å². The lowest BCUT2D eigenvalue weighted by atomic mass is 9.98. The zero-order valence-corrected chi connectivity index (χ0v) is 77.0. The molecule has 0 aliphatic carbocycles. The number of carbonyl (C=O) groups is 14. The maximum absolute atomic E-state index is 14.7. The van der Waals surface area contributed by atoms with Gasteiger partial charge in [-0.3, -0.25) is 95.9 Å². The first-order valence-electron chi connectivity index (χ1n) is 45.1. The molecule has 0 unspecified atom stereocenters. The van der Waals surface area contributed by atoms with E-state index in [4.69, 9.17) is 10.2 Å². The summed E-state index contributed by atoms with van der Waals surface area (Å²) in [6, 6.07) is 12.5. The van der Waals surface area contributed by atoms with Crippen molar-refractivity contribution in [3.63, 3.8) is 0 Å². The molecule has 136 heavy (non-hydrogen) atoms. The van der Waals surface area contributed by atoms with Gasteiger partial charge in [-0.1, -0.05) is 52.0 Å². The van der Waals surface area contributed by atoms with Crippen LogP contribution in [0.25, 0.3) is 34.2 Å². The highest BCUT2D eigenvalue weighted by Crippen LogP contribution is 2.40. The molecule has 6 aromatic rings. The molecule has 742 valence electrons. The van der Waals surface area contributed by atoms with Crippen LogP contribution in [0.3, 0.4) is 0 Å². The Kier molecular flexibility index (Phi) is 42.5. The molecule has 47 nitrogen and oxygen atoms in total. The highest BCUT2D eigenvalue weighted by Gasteiger charge is 2.36. The van der Waals surface area contributed by atoms with Crippen molar-refractivity contribution in [1.82, 2.24) is 112 Å². The topological polar surface area (TPSA) is 663 Å². The van der Waals surface area contributed by atoms with Gasteiger partial charge < -0.3 is 119 Å². The molecular weight excluding hydrogens is 1780 g/mol. The van der Waals surface area contributed by atoms with E-state index in [-0.39, 0.29) is 172 Å². The summed E-state index contributed by atoms with van der Waals surface area (Å²) < 4.78 is 3.07. The van der Waals surface area contributed by atoms with Gasteiger partial charge in [-0.05, 0) is 110 Å². The summed E-state index contributed by atoms with van der Waals surface area (Å²) >= 11 is 0. The Balaban J connectivity index is 0.835. The molecule has 0 bridgehead atoms. The number of rotatable bonds is 56. The minimum absolute atomic E-state index is 0.0167. The standard InChI is InChI=1S/C89H126N22O25/c1-7-92-86(132)81-102-100-79(61-41-59(53(3)4)68(115)43-70(61)117)110(81)57-16-12-55(13-17-57)47-105-32-37-108(38-33-105)75(122)23-22-74(121)96-63(88(134)109-39-34-106(35-40-109)48-56-14-18-58(19-15-56)111-80(101-103-82(111)87(133)93-8-2)62-42-60(54(5)6)69(116)44-71(62)118)11-9-10-25-94-72(119)24-26-95-83(129)64(50-112)98-85(131)66(52-114)99-84(130)65(51-113)97-73(120)21-20-67(89(135)136)107(30-28-91-46-77(125)126)36-31-104(49-78(127)128)29-27-90-45-76(123)124/h12-19,41-44,53-54,63-67,90-91,112-118H,7-11,20-40,45-52H2,1-6H3,(H,92,132)(H,93,133)(H,94,119)(H,95,129)(H,96,121)(H,97,120)(H,98,131)(H,99,130)(H,123,124)(H,125,126)(H,127,128)(H,135,136)/t63-,64+,65+,66+,67+/m0/s1. The average Bonchev–Trinajstić information content (AvgIpc) is 1.60. The van der Waals surface area contributed by atoms with Crippen LogP contribution in [0.15, 0.2) is 72.8 Å². The van der Waals surface area contributed by atoms with Crippen molar-refractivity contribution in [2.75, 3.05) is 157 Å². The number of amides is 10. The average molecular weight is 1900 g/mol. The summed E-state index contributed by atoms with van der Waals surface area (Å²) in [7, 11) is 0. The zero-order valence-electron chi connectivity index (χ0n) is 77.0. The second-order valence-electron chi connectivity index (χ2n) is 33.4. The molecule has 2 saturated heterocycles. The number of carbonyl (C=O) groups excluding carboxylic acids is 10. The van der Waals surface area contributed by atoms with Gasteiger partial charge in [0.1, 0.15) is 53.2 Å². The van der Waals surface area contributed by atoms with E-state index in [9.17, 15) is 113 Å². The number of aliphatic hydroxyl groups is 3. The van der Waals surface area contributed by atoms with Crippen LogP contribution < -0.4 is 53.2 Å². The Morgan fingerprint density at radius 2 is 0.882 bits per heavy atom. The summed E-state index contributed by atoms with van der Waals surface area (Å²) in [5, 5.41) is 154. The predicted octanol–water partition coefficient (Wildman–Crippen LogP) is -2.50. The number of unbranched alkanes of at least 4 members (excludes halogenated alkanes) is 1. The minimum Gasteiger partial charge on any atom is -0.508 e. The number of benzene rings is 4. The Labute approximate surface area is 784 Å². The lowest BCUT2D eigenvalue weighted by Crippen LogP contribution is -2.59. The predicted molar refractivity (Wildman–Crippen MR) is 488 cm³/mol. The smallest absolute Gasteiger partial charge is 0.320 e. The van der Waals surface area contributed by atoms with Crippen LogP contribution in [-0.2, 0) is 70.6 Å². The van der Waals surface area contributed by atoms with Gasteiger partial charge in [0.25, 0.3) is 11.8 Å². The van der Waals surface area contributed by atoms with Crippen molar-refractivity contribution in [2.45, 2.75) is 148 Å². The number of nitrogens with zero attached hydrogens (tertiary/aromatic N) is 12. The molecule has 4 heterocycles. The zero-order chi connectivity index (χ0) is 99.4. The number of carboxylic acids is 4. The maximum atomic E-state index is 14.7. The Morgan fingerprint density at radius 3 is 1.34 bits per heavy atom. The van der Waals surface area contributed by atoms with Crippen LogP contribution in [0.5, 0.6) is 23.0 Å². The first-order chi connectivity index (χ1) is 64.9. The highest BCUT2D eigenvalue weighted by atomic mass is 16.4. The molecule has 8 rings (SSSR count). The number of hydrogen-bond acceptors (Lipinski definition) is 31. The fourth-order valence-electron chi connectivity index (χ4n) is 15.4. The van der Waals surface area contributed by atoms with Gasteiger partial charge in [0.2, 0.25) is 58.9 Å². The van der Waals surface area contributed by atoms with Crippen molar-refractivity contribution in [3.05, 3.63) is 107 Å². The van der Waals surface area contributed by atoms with E-state index in [2.05, 4.69) is 83.4 Å². The number of aliphatic hydroxyl groups excluding tert-OH is 3. The van der Waals surface area contributed by atoms with Gasteiger partial charge >= 0.3 is 23.9 Å². The van der Waals surface area contributed by atoms with E-state index in [0.29, 0.717) is 101 Å². The van der Waals surface area contributed by atoms with Gasteiger partial charge in [0.05, 0.1) is 50.6 Å². The second kappa shape index (κ2) is 53.6. The lowest BCUT2D eigenvalue weighted by molar-refractivity contribution is -0.145. The fraction of sp³-hybridized carbons (Fsp3) is 0.528. The van der Waals surface area contributed by atoms with E-state index in [0.717, 1.165) is 11.1 Å². The number of phenolic OH excluding ortho intramolecular Hbond substituents is 4. The Hall–Kier alpha value is -13.4. The quantitative estimate of drug-likeness (QED) is 0.0176. The summed E-state index contributed by atoms with van der Waals surface area (Å²) in [4.78, 5) is 192. The van der Waals surface area contributed by atoms with Crippen LogP contribution in [-0.4, -0.2) is 386 Å². The lowest BCUT2D eigenvalue weighted by Gasteiger charge is -2.36. The normalized spacial score (nSPS) is 14.2. The highest BCUT2D eigenvalue weighted by molar-refractivity contribution is 5.96. The molecule has 4 aromatic carbocycles. The molecular formula is C89H126N22O25. The third kappa shape index (κ3) is 32.2. The largest absolute Gasteiger partial charge is 0.508 e. The van der Waals surface area contributed by atoms with Crippen molar-refractivity contribution in [3.8, 4) is 57.1 Å². The Morgan fingerprint density at radius 1 is 0.426 bits per heavy atom. The number of carboxylic acid groups (broad SMARTS) is 4. The summed E-state index contributed by atoms with van der Waals surface area (Å²) in [5.74, 6) is -12.8. The molecule has 5 atom stereocenters. The van der Waals surface area contributed by atoms with Crippen molar-refractivity contribution < 1.29 is 123 Å². The van der Waals surface area contributed by atoms with E-state index in [1.807, 2.05) is 64.1 Å². The summed E-state index contributed by atoms with van der Waals surface area (Å²) in [6.07, 6.45) is -1.01. The first-order valence-corrected chi connectivity index (χ1v) is 45.1. The molecule has 21 N–H and O–H groups in total. The molecule has 47 heteroatoms. The number of aromatic nitrogens is 6. The molecule has 0 spiro atoms. The Bertz CT molecular complexity index is 5100.